The van der Waals surface area contributed by atoms with Crippen LogP contribution in [0.15, 0.2) is 30.3 Å². The molecule has 1 amide bonds. The number of rotatable bonds is 9. The van der Waals surface area contributed by atoms with Crippen molar-refractivity contribution in [2.45, 2.75) is 25.5 Å². The maximum absolute atomic E-state index is 10.9. The lowest BCUT2D eigenvalue weighted by molar-refractivity contribution is -0.139. The van der Waals surface area contributed by atoms with Crippen LogP contribution in [0.3, 0.4) is 0 Å². The number of hydrogen-bond donors (Lipinski definition) is 7. The monoisotopic (exact) mass is 383 g/mol. The number of benzene rings is 1. The Hall–Kier alpha value is -3.34. The fourth-order valence-corrected chi connectivity index (χ4v) is 1.59. The number of nitrogens with one attached hydrogen (secondary N) is 3. The van der Waals surface area contributed by atoms with Crippen LogP contribution in [0.2, 0.25) is 0 Å². The molecular formula is C16H25N5O6. The van der Waals surface area contributed by atoms with Gasteiger partial charge in [0.05, 0.1) is 0 Å². The van der Waals surface area contributed by atoms with Crippen molar-refractivity contribution < 1.29 is 29.3 Å². The fraction of sp³-hybridized carbons (Fsp3) is 0.375. The molecule has 0 aliphatic heterocycles. The highest BCUT2D eigenvalue weighted by atomic mass is 16.5. The van der Waals surface area contributed by atoms with E-state index < -0.39 is 30.6 Å². The van der Waals surface area contributed by atoms with E-state index in [1.165, 1.54) is 0 Å². The number of nitrogens with two attached hydrogens (primary N) is 2. The van der Waals surface area contributed by atoms with Gasteiger partial charge in [-0.1, -0.05) is 30.3 Å². The first-order valence-corrected chi connectivity index (χ1v) is 7.95. The van der Waals surface area contributed by atoms with Crippen molar-refractivity contribution in [1.82, 2.24) is 10.6 Å². The van der Waals surface area contributed by atoms with E-state index >= 15 is 0 Å². The number of amides is 1. The summed E-state index contributed by atoms with van der Waals surface area (Å²) in [5.41, 5.74) is 11.1. The van der Waals surface area contributed by atoms with Gasteiger partial charge < -0.3 is 37.1 Å². The second-order valence-corrected chi connectivity index (χ2v) is 5.24. The van der Waals surface area contributed by atoms with Crippen molar-refractivity contribution in [3.8, 4) is 0 Å². The maximum atomic E-state index is 10.9. The highest BCUT2D eigenvalue weighted by Crippen LogP contribution is 2.00. The molecule has 0 saturated heterocycles. The first-order chi connectivity index (χ1) is 12.7. The second kappa shape index (κ2) is 13.9. The van der Waals surface area contributed by atoms with E-state index in [-0.39, 0.29) is 12.6 Å². The Balaban J connectivity index is 0.000000516. The summed E-state index contributed by atoms with van der Waals surface area (Å²) >= 11 is 0. The molecular weight excluding hydrogens is 358 g/mol. The van der Waals surface area contributed by atoms with Gasteiger partial charge in [0.15, 0.2) is 5.96 Å². The topological polar surface area (TPSA) is 201 Å². The zero-order valence-electron chi connectivity index (χ0n) is 14.7. The van der Waals surface area contributed by atoms with E-state index in [4.69, 9.17) is 31.8 Å². The van der Waals surface area contributed by atoms with Gasteiger partial charge in [-0.2, -0.15) is 0 Å². The number of carbonyl (C=O) groups is 3. The molecule has 0 spiro atoms. The first-order valence-electron chi connectivity index (χ1n) is 7.95. The number of hydrogen-bond acceptors (Lipinski definition) is 6. The van der Waals surface area contributed by atoms with Crippen LogP contribution < -0.4 is 22.1 Å². The van der Waals surface area contributed by atoms with Gasteiger partial charge in [-0.05, 0) is 18.4 Å². The van der Waals surface area contributed by atoms with Crippen molar-refractivity contribution in [3.63, 3.8) is 0 Å². The summed E-state index contributed by atoms with van der Waals surface area (Å²) in [6.07, 6.45) is 0.240. The molecule has 0 aromatic heterocycles. The molecule has 11 heteroatoms. The molecule has 0 heterocycles. The van der Waals surface area contributed by atoms with E-state index in [0.29, 0.717) is 19.4 Å². The average Bonchev–Trinajstić information content (AvgIpc) is 2.62. The van der Waals surface area contributed by atoms with E-state index in [1.54, 1.807) is 0 Å². The predicted octanol–water partition coefficient (Wildman–Crippen LogP) is -0.341. The van der Waals surface area contributed by atoms with Gasteiger partial charge in [0, 0.05) is 6.54 Å². The lowest BCUT2D eigenvalue weighted by Crippen LogP contribution is -2.34. The van der Waals surface area contributed by atoms with E-state index in [1.807, 2.05) is 30.3 Å². The maximum Gasteiger partial charge on any atom is 0.407 e. The van der Waals surface area contributed by atoms with Crippen LogP contribution in [0.1, 0.15) is 18.4 Å². The molecule has 11 nitrogen and oxygen atoms in total. The highest BCUT2D eigenvalue weighted by molar-refractivity contribution is 5.76. The standard InChI is InChI=1S/C10H11NO4.C6H14N4O2/c12-9(13)6-11-10(14)15-7-8-4-2-1-3-5-8;7-4(5(11)12)2-1-3-10-6(8)9/h1-5H,6-7H2,(H,11,14)(H,12,13);4H,1-3,7H2,(H,11,12)(H4,8,9,10)/t;4-/m.0/s1. The third-order valence-electron chi connectivity index (χ3n) is 2.92. The van der Waals surface area contributed by atoms with Gasteiger partial charge in [-0.15, -0.1) is 0 Å². The van der Waals surface area contributed by atoms with Crippen molar-refractivity contribution in [2.24, 2.45) is 11.5 Å². The van der Waals surface area contributed by atoms with Crippen LogP contribution in [-0.4, -0.2) is 53.3 Å². The van der Waals surface area contributed by atoms with Crippen LogP contribution in [0, 0.1) is 5.41 Å². The van der Waals surface area contributed by atoms with E-state index in [0.717, 1.165) is 5.56 Å². The molecule has 0 aliphatic rings. The number of aliphatic carboxylic acids is 2. The summed E-state index contributed by atoms with van der Waals surface area (Å²) in [5.74, 6) is -2.22. The van der Waals surface area contributed by atoms with E-state index in [2.05, 4.69) is 10.6 Å². The molecule has 1 rings (SSSR count). The Morgan fingerprint density at radius 3 is 2.30 bits per heavy atom. The summed E-state index contributed by atoms with van der Waals surface area (Å²) < 4.78 is 4.77. The molecule has 9 N–H and O–H groups in total. The Bertz CT molecular complexity index is 611. The Kier molecular flexibility index (Phi) is 12.2. The number of ether oxygens (including phenoxy) is 1. The largest absolute Gasteiger partial charge is 0.480 e. The quantitative estimate of drug-likeness (QED) is 0.169. The van der Waals surface area contributed by atoms with Crippen LogP contribution in [0.5, 0.6) is 0 Å². The summed E-state index contributed by atoms with van der Waals surface area (Å²) in [5, 5.41) is 28.1. The molecule has 1 aromatic carbocycles. The number of alkyl carbamates (subject to hydrolysis) is 1. The normalized spacial score (nSPS) is 10.6. The SMILES string of the molecule is N=C(N)NCCC[C@H](N)C(=O)O.O=C(O)CNC(=O)OCc1ccccc1. The Labute approximate surface area is 156 Å². The van der Waals surface area contributed by atoms with Gasteiger partial charge in [0.2, 0.25) is 0 Å². The molecule has 0 unspecified atom stereocenters. The predicted molar refractivity (Wildman–Crippen MR) is 97.0 cm³/mol. The third-order valence-corrected chi connectivity index (χ3v) is 2.92. The Morgan fingerprint density at radius 2 is 1.78 bits per heavy atom. The van der Waals surface area contributed by atoms with Gasteiger partial charge in [0.25, 0.3) is 0 Å². The molecule has 27 heavy (non-hydrogen) atoms. The van der Waals surface area contributed by atoms with Crippen LogP contribution in [-0.2, 0) is 20.9 Å². The van der Waals surface area contributed by atoms with Crippen molar-refractivity contribution in [2.75, 3.05) is 13.1 Å². The molecule has 0 aliphatic carbocycles. The summed E-state index contributed by atoms with van der Waals surface area (Å²) in [6.45, 7) is 0.177. The molecule has 1 aromatic rings. The van der Waals surface area contributed by atoms with Crippen LogP contribution in [0.25, 0.3) is 0 Å². The lowest BCUT2D eigenvalue weighted by Gasteiger charge is -2.06. The zero-order chi connectivity index (χ0) is 20.7. The van der Waals surface area contributed by atoms with Crippen molar-refractivity contribution >= 4 is 24.0 Å². The molecule has 0 radical (unpaired) electrons. The minimum Gasteiger partial charge on any atom is -0.480 e. The van der Waals surface area contributed by atoms with Gasteiger partial charge in [0.1, 0.15) is 19.2 Å². The fourth-order valence-electron chi connectivity index (χ4n) is 1.59. The smallest absolute Gasteiger partial charge is 0.407 e. The average molecular weight is 383 g/mol. The van der Waals surface area contributed by atoms with Crippen molar-refractivity contribution in [3.05, 3.63) is 35.9 Å². The summed E-state index contributed by atoms with van der Waals surface area (Å²) in [6, 6.07) is 8.31. The number of carboxylic acids is 2. The second-order valence-electron chi connectivity index (χ2n) is 5.24. The van der Waals surface area contributed by atoms with Crippen LogP contribution in [0.4, 0.5) is 4.79 Å². The minimum absolute atomic E-state index is 0.112. The van der Waals surface area contributed by atoms with Gasteiger partial charge in [-0.3, -0.25) is 15.0 Å². The molecule has 1 atom stereocenters. The minimum atomic E-state index is -1.10. The summed E-state index contributed by atoms with van der Waals surface area (Å²) in [7, 11) is 0. The zero-order valence-corrected chi connectivity index (χ0v) is 14.7. The van der Waals surface area contributed by atoms with Gasteiger partial charge >= 0.3 is 18.0 Å². The summed E-state index contributed by atoms with van der Waals surface area (Å²) in [4.78, 5) is 31.2. The number of guanidine groups is 1. The van der Waals surface area contributed by atoms with Crippen molar-refractivity contribution in [1.29, 1.82) is 5.41 Å². The van der Waals surface area contributed by atoms with Gasteiger partial charge in [-0.25, -0.2) is 4.79 Å². The van der Waals surface area contributed by atoms with Crippen LogP contribution >= 0.6 is 0 Å². The third kappa shape index (κ3) is 14.7. The first kappa shape index (κ1) is 23.7. The lowest BCUT2D eigenvalue weighted by atomic mass is 10.2. The molecule has 0 bridgehead atoms. The van der Waals surface area contributed by atoms with E-state index in [9.17, 15) is 14.4 Å². The molecule has 0 saturated carbocycles. The number of carbonyl (C=O) groups excluding carboxylic acids is 1. The highest BCUT2D eigenvalue weighted by Gasteiger charge is 2.09. The molecule has 0 fully saturated rings. The number of carboxylic acid groups (broad SMARTS) is 2. The Morgan fingerprint density at radius 1 is 1.15 bits per heavy atom. The molecule has 150 valence electrons.